The zero-order chi connectivity index (χ0) is 21.0. The molecule has 0 aromatic heterocycles. The predicted molar refractivity (Wildman–Crippen MR) is 119 cm³/mol. The lowest BCUT2D eigenvalue weighted by molar-refractivity contribution is 0.0697. The average molecular weight is 459 g/mol. The summed E-state index contributed by atoms with van der Waals surface area (Å²) < 4.78 is 6.41. The minimum Gasteiger partial charge on any atom is -0.490 e. The lowest BCUT2D eigenvalue weighted by Gasteiger charge is -2.30. The highest BCUT2D eigenvalue weighted by Crippen LogP contribution is 2.27. The standard InChI is InChI=1S/C23H27BrN2O3/c1-15(2)29-21-9-6-18(14-20(21)24)22(27)25-19-7-4-17(5-8-19)23(28)26-12-10-16(3)11-13-26/h4-9,14-16H,10-13H2,1-3H3,(H,25,27). The second-order valence-corrected chi connectivity index (χ2v) is 8.67. The topological polar surface area (TPSA) is 58.6 Å². The minimum absolute atomic E-state index is 0.0550. The maximum absolute atomic E-state index is 12.6. The molecule has 0 bridgehead atoms. The van der Waals surface area contributed by atoms with Crippen LogP contribution in [0.25, 0.3) is 0 Å². The third kappa shape index (κ3) is 5.60. The van der Waals surface area contributed by atoms with Gasteiger partial charge >= 0.3 is 0 Å². The van der Waals surface area contributed by atoms with Crippen LogP contribution in [0.4, 0.5) is 5.69 Å². The SMILES string of the molecule is CC1CCN(C(=O)c2ccc(NC(=O)c3ccc(OC(C)C)c(Br)c3)cc2)CC1. The van der Waals surface area contributed by atoms with Gasteiger partial charge in [-0.15, -0.1) is 0 Å². The molecule has 5 nitrogen and oxygen atoms in total. The first-order valence-electron chi connectivity index (χ1n) is 10.0. The highest BCUT2D eigenvalue weighted by Gasteiger charge is 2.21. The lowest BCUT2D eigenvalue weighted by Crippen LogP contribution is -2.37. The molecule has 0 atom stereocenters. The molecule has 2 aromatic rings. The van der Waals surface area contributed by atoms with Gasteiger partial charge in [0.15, 0.2) is 0 Å². The normalized spacial score (nSPS) is 14.7. The Balaban J connectivity index is 1.62. The predicted octanol–water partition coefficient (Wildman–Crippen LogP) is 5.36. The maximum atomic E-state index is 12.6. The van der Waals surface area contributed by atoms with E-state index in [1.54, 1.807) is 42.5 Å². The van der Waals surface area contributed by atoms with Crippen molar-refractivity contribution >= 4 is 33.4 Å². The third-order valence-corrected chi connectivity index (χ3v) is 5.64. The van der Waals surface area contributed by atoms with Gasteiger partial charge in [-0.25, -0.2) is 0 Å². The molecule has 0 saturated carbocycles. The minimum atomic E-state index is -0.217. The number of carbonyl (C=O) groups excluding carboxylic acids is 2. The van der Waals surface area contributed by atoms with E-state index in [1.165, 1.54) is 0 Å². The highest BCUT2D eigenvalue weighted by molar-refractivity contribution is 9.10. The Bertz CT molecular complexity index is 872. The average Bonchev–Trinajstić information content (AvgIpc) is 2.70. The van der Waals surface area contributed by atoms with Crippen LogP contribution in [0.3, 0.4) is 0 Å². The fourth-order valence-electron chi connectivity index (χ4n) is 3.29. The number of amides is 2. The van der Waals surface area contributed by atoms with E-state index in [4.69, 9.17) is 4.74 Å². The smallest absolute Gasteiger partial charge is 0.255 e. The Labute approximate surface area is 180 Å². The molecule has 1 fully saturated rings. The summed E-state index contributed by atoms with van der Waals surface area (Å²) >= 11 is 3.45. The molecule has 1 saturated heterocycles. The van der Waals surface area contributed by atoms with Crippen LogP contribution < -0.4 is 10.1 Å². The van der Waals surface area contributed by atoms with Crippen molar-refractivity contribution in [3.05, 3.63) is 58.1 Å². The summed E-state index contributed by atoms with van der Waals surface area (Å²) in [5.41, 5.74) is 1.82. The monoisotopic (exact) mass is 458 g/mol. The van der Waals surface area contributed by atoms with Crippen LogP contribution in [0, 0.1) is 5.92 Å². The molecule has 1 aliphatic rings. The molecule has 0 radical (unpaired) electrons. The second-order valence-electron chi connectivity index (χ2n) is 7.82. The van der Waals surface area contributed by atoms with Crippen LogP contribution in [0.2, 0.25) is 0 Å². The van der Waals surface area contributed by atoms with Gasteiger partial charge in [0.1, 0.15) is 5.75 Å². The molecule has 1 heterocycles. The van der Waals surface area contributed by atoms with Crippen LogP contribution >= 0.6 is 15.9 Å². The Kier molecular flexibility index (Phi) is 6.96. The van der Waals surface area contributed by atoms with Gasteiger partial charge in [-0.2, -0.15) is 0 Å². The van der Waals surface area contributed by atoms with E-state index in [1.807, 2.05) is 18.7 Å². The maximum Gasteiger partial charge on any atom is 0.255 e. The van der Waals surface area contributed by atoms with Gasteiger partial charge < -0.3 is 15.0 Å². The van der Waals surface area contributed by atoms with Crippen molar-refractivity contribution in [1.82, 2.24) is 4.90 Å². The summed E-state index contributed by atoms with van der Waals surface area (Å²) in [6.45, 7) is 7.75. The Hall–Kier alpha value is -2.34. The molecule has 0 unspecified atom stereocenters. The number of nitrogens with zero attached hydrogens (tertiary/aromatic N) is 1. The first kappa shape index (κ1) is 21.4. The number of rotatable bonds is 5. The Morgan fingerprint density at radius 1 is 1.07 bits per heavy atom. The summed E-state index contributed by atoms with van der Waals surface area (Å²) in [5, 5.41) is 2.87. The van der Waals surface area contributed by atoms with E-state index in [2.05, 4.69) is 28.2 Å². The van der Waals surface area contributed by atoms with E-state index in [0.717, 1.165) is 30.4 Å². The quantitative estimate of drug-likeness (QED) is 0.655. The van der Waals surface area contributed by atoms with Gasteiger partial charge in [-0.3, -0.25) is 9.59 Å². The largest absolute Gasteiger partial charge is 0.490 e. The van der Waals surface area contributed by atoms with Crippen molar-refractivity contribution in [2.45, 2.75) is 39.7 Å². The fourth-order valence-corrected chi connectivity index (χ4v) is 3.76. The van der Waals surface area contributed by atoms with Crippen molar-refractivity contribution in [3.63, 3.8) is 0 Å². The molecule has 29 heavy (non-hydrogen) atoms. The highest BCUT2D eigenvalue weighted by atomic mass is 79.9. The molecule has 1 N–H and O–H groups in total. The molecular formula is C23H27BrN2O3. The molecule has 2 amide bonds. The van der Waals surface area contributed by atoms with Gasteiger partial charge in [0.05, 0.1) is 10.6 Å². The van der Waals surface area contributed by atoms with Crippen LogP contribution in [0.15, 0.2) is 46.9 Å². The van der Waals surface area contributed by atoms with Crippen LogP contribution in [0.1, 0.15) is 54.3 Å². The van der Waals surface area contributed by atoms with Crippen molar-refractivity contribution < 1.29 is 14.3 Å². The molecule has 6 heteroatoms. The van der Waals surface area contributed by atoms with E-state index in [0.29, 0.717) is 28.5 Å². The third-order valence-electron chi connectivity index (χ3n) is 5.02. The Morgan fingerprint density at radius 2 is 1.69 bits per heavy atom. The summed E-state index contributed by atoms with van der Waals surface area (Å²) in [4.78, 5) is 27.1. The fraction of sp³-hybridized carbons (Fsp3) is 0.391. The summed E-state index contributed by atoms with van der Waals surface area (Å²) in [6, 6.07) is 12.3. The molecule has 1 aliphatic heterocycles. The van der Waals surface area contributed by atoms with Crippen LogP contribution in [-0.4, -0.2) is 35.9 Å². The number of ether oxygens (including phenoxy) is 1. The van der Waals surface area contributed by atoms with Gasteiger partial charge in [-0.1, -0.05) is 6.92 Å². The van der Waals surface area contributed by atoms with Gasteiger partial charge in [0.2, 0.25) is 0 Å². The molecule has 0 aliphatic carbocycles. The van der Waals surface area contributed by atoms with Crippen LogP contribution in [0.5, 0.6) is 5.75 Å². The Morgan fingerprint density at radius 3 is 2.28 bits per heavy atom. The number of piperidine rings is 1. The molecule has 0 spiro atoms. The van der Waals surface area contributed by atoms with E-state index >= 15 is 0 Å². The lowest BCUT2D eigenvalue weighted by atomic mass is 9.98. The van der Waals surface area contributed by atoms with Gasteiger partial charge in [0.25, 0.3) is 11.8 Å². The van der Waals surface area contributed by atoms with Crippen molar-refractivity contribution in [3.8, 4) is 5.75 Å². The number of hydrogen-bond donors (Lipinski definition) is 1. The van der Waals surface area contributed by atoms with Crippen LogP contribution in [-0.2, 0) is 0 Å². The molecular weight excluding hydrogens is 432 g/mol. The first-order valence-corrected chi connectivity index (χ1v) is 10.8. The first-order chi connectivity index (χ1) is 13.8. The van der Waals surface area contributed by atoms with Gasteiger partial charge in [-0.05, 0) is 91.0 Å². The summed E-state index contributed by atoms with van der Waals surface area (Å²) in [6.07, 6.45) is 2.16. The zero-order valence-corrected chi connectivity index (χ0v) is 18.7. The van der Waals surface area contributed by atoms with Crippen molar-refractivity contribution in [1.29, 1.82) is 0 Å². The molecule has 154 valence electrons. The van der Waals surface area contributed by atoms with E-state index in [9.17, 15) is 9.59 Å². The molecule has 2 aromatic carbocycles. The van der Waals surface area contributed by atoms with Crippen molar-refractivity contribution in [2.24, 2.45) is 5.92 Å². The second kappa shape index (κ2) is 9.44. The van der Waals surface area contributed by atoms with E-state index < -0.39 is 0 Å². The number of likely N-dealkylation sites (tertiary alicyclic amines) is 1. The summed E-state index contributed by atoms with van der Waals surface area (Å²) in [7, 11) is 0. The van der Waals surface area contributed by atoms with Crippen molar-refractivity contribution in [2.75, 3.05) is 18.4 Å². The number of carbonyl (C=O) groups is 2. The number of nitrogens with one attached hydrogen (secondary N) is 1. The van der Waals surface area contributed by atoms with E-state index in [-0.39, 0.29) is 17.9 Å². The number of halogens is 1. The summed E-state index contributed by atoms with van der Waals surface area (Å²) in [5.74, 6) is 1.22. The number of anilines is 1. The molecule has 3 rings (SSSR count). The van der Waals surface area contributed by atoms with Gasteiger partial charge in [0, 0.05) is 29.9 Å². The number of hydrogen-bond acceptors (Lipinski definition) is 3. The zero-order valence-electron chi connectivity index (χ0n) is 17.1. The number of benzene rings is 2.